The summed E-state index contributed by atoms with van der Waals surface area (Å²) < 4.78 is 31.0. The number of ether oxygens (including phenoxy) is 1. The lowest BCUT2D eigenvalue weighted by atomic mass is 10.2. The molecule has 0 saturated carbocycles. The van der Waals surface area contributed by atoms with E-state index in [1.54, 1.807) is 43.5 Å². The first kappa shape index (κ1) is 18.8. The zero-order valence-electron chi connectivity index (χ0n) is 14.4. The van der Waals surface area contributed by atoms with Crippen molar-refractivity contribution in [3.8, 4) is 5.75 Å². The van der Waals surface area contributed by atoms with E-state index >= 15 is 0 Å². The minimum absolute atomic E-state index is 0.151. The van der Waals surface area contributed by atoms with Crippen molar-refractivity contribution in [1.29, 1.82) is 0 Å². The molecule has 0 saturated heterocycles. The van der Waals surface area contributed by atoms with Crippen molar-refractivity contribution in [3.05, 3.63) is 54.1 Å². The van der Waals surface area contributed by atoms with Crippen LogP contribution in [0.1, 0.15) is 5.56 Å². The van der Waals surface area contributed by atoms with Gasteiger partial charge in [0.25, 0.3) is 0 Å². The van der Waals surface area contributed by atoms with Gasteiger partial charge in [-0.3, -0.25) is 0 Å². The predicted molar refractivity (Wildman–Crippen MR) is 99.3 cm³/mol. The third-order valence-electron chi connectivity index (χ3n) is 3.51. The van der Waals surface area contributed by atoms with Gasteiger partial charge < -0.3 is 15.8 Å². The third kappa shape index (κ3) is 4.71. The summed E-state index contributed by atoms with van der Waals surface area (Å²) in [6.45, 7) is 0.151. The minimum atomic E-state index is -3.53. The van der Waals surface area contributed by atoms with Crippen molar-refractivity contribution in [2.45, 2.75) is 11.4 Å². The van der Waals surface area contributed by atoms with Gasteiger partial charge in [0, 0.05) is 19.8 Å². The molecule has 134 valence electrons. The van der Waals surface area contributed by atoms with Crippen LogP contribution in [0.2, 0.25) is 0 Å². The molecule has 0 aliphatic rings. The Morgan fingerprint density at radius 1 is 1.16 bits per heavy atom. The highest BCUT2D eigenvalue weighted by molar-refractivity contribution is 7.89. The Morgan fingerprint density at radius 3 is 2.40 bits per heavy atom. The summed E-state index contributed by atoms with van der Waals surface area (Å²) in [7, 11) is 1.05. The maximum Gasteiger partial charge on any atom is 0.242 e. The number of sulfonamides is 1. The van der Waals surface area contributed by atoms with Crippen molar-refractivity contribution in [3.63, 3.8) is 0 Å². The van der Waals surface area contributed by atoms with Gasteiger partial charge >= 0.3 is 0 Å². The van der Waals surface area contributed by atoms with Crippen molar-refractivity contribution in [1.82, 2.24) is 4.31 Å². The summed E-state index contributed by atoms with van der Waals surface area (Å²) in [6, 6.07) is 14.0. The molecule has 0 spiro atoms. The van der Waals surface area contributed by atoms with E-state index in [0.717, 1.165) is 11.4 Å². The fourth-order valence-corrected chi connectivity index (χ4v) is 3.22. The van der Waals surface area contributed by atoms with Crippen molar-refractivity contribution in [2.75, 3.05) is 26.5 Å². The SMILES string of the molecule is COc1ccc(NC(N)=NCc2ccccc2S(=O)(=O)N(C)C)cc1. The zero-order valence-corrected chi connectivity index (χ0v) is 15.2. The van der Waals surface area contributed by atoms with Gasteiger partial charge in [-0.1, -0.05) is 18.2 Å². The number of methoxy groups -OCH3 is 1. The van der Waals surface area contributed by atoms with Gasteiger partial charge in [-0.2, -0.15) is 0 Å². The van der Waals surface area contributed by atoms with Gasteiger partial charge in [0.15, 0.2) is 5.96 Å². The van der Waals surface area contributed by atoms with Crippen molar-refractivity contribution in [2.24, 2.45) is 10.7 Å². The van der Waals surface area contributed by atoms with Crippen LogP contribution in [0.5, 0.6) is 5.75 Å². The molecule has 0 fully saturated rings. The molecule has 3 N–H and O–H groups in total. The van der Waals surface area contributed by atoms with Gasteiger partial charge in [-0.25, -0.2) is 17.7 Å². The first-order valence-corrected chi connectivity index (χ1v) is 9.00. The first-order valence-electron chi connectivity index (χ1n) is 7.56. The van der Waals surface area contributed by atoms with Gasteiger partial charge in [-0.15, -0.1) is 0 Å². The number of nitrogens with zero attached hydrogens (tertiary/aromatic N) is 2. The molecular formula is C17H22N4O3S. The number of nitrogens with one attached hydrogen (secondary N) is 1. The van der Waals surface area contributed by atoms with E-state index in [9.17, 15) is 8.42 Å². The summed E-state index contributed by atoms with van der Waals surface area (Å²) in [6.07, 6.45) is 0. The molecule has 2 aromatic rings. The number of benzene rings is 2. The van der Waals surface area contributed by atoms with Crippen LogP contribution >= 0.6 is 0 Å². The predicted octanol–water partition coefficient (Wildman–Crippen LogP) is 1.87. The quantitative estimate of drug-likeness (QED) is 0.604. The summed E-state index contributed by atoms with van der Waals surface area (Å²) in [4.78, 5) is 4.46. The molecule has 0 aliphatic carbocycles. The Morgan fingerprint density at radius 2 is 1.80 bits per heavy atom. The van der Waals surface area contributed by atoms with Crippen LogP contribution in [0.4, 0.5) is 5.69 Å². The summed E-state index contributed by atoms with van der Waals surface area (Å²) in [5.74, 6) is 0.936. The lowest BCUT2D eigenvalue weighted by Gasteiger charge is -2.14. The maximum absolute atomic E-state index is 12.4. The number of rotatable bonds is 6. The molecule has 8 heteroatoms. The Kier molecular flexibility index (Phi) is 6.00. The molecule has 0 aromatic heterocycles. The lowest BCUT2D eigenvalue weighted by molar-refractivity contribution is 0.415. The topological polar surface area (TPSA) is 97.0 Å². The molecule has 7 nitrogen and oxygen atoms in total. The molecular weight excluding hydrogens is 340 g/mol. The van der Waals surface area contributed by atoms with Crippen LogP contribution in [-0.4, -0.2) is 39.9 Å². The van der Waals surface area contributed by atoms with Crippen LogP contribution in [0.3, 0.4) is 0 Å². The molecule has 0 unspecified atom stereocenters. The summed E-state index contributed by atoms with van der Waals surface area (Å²) in [5, 5.41) is 2.96. The normalized spacial score (nSPS) is 12.2. The molecule has 2 rings (SSSR count). The van der Waals surface area contributed by atoms with Gasteiger partial charge in [0.2, 0.25) is 10.0 Å². The highest BCUT2D eigenvalue weighted by Crippen LogP contribution is 2.19. The first-order chi connectivity index (χ1) is 11.8. The second-order valence-electron chi connectivity index (χ2n) is 5.45. The molecule has 0 heterocycles. The summed E-state index contributed by atoms with van der Waals surface area (Å²) in [5.41, 5.74) is 7.23. The number of guanidine groups is 1. The average Bonchev–Trinajstić information content (AvgIpc) is 2.60. The van der Waals surface area contributed by atoms with E-state index in [2.05, 4.69) is 10.3 Å². The van der Waals surface area contributed by atoms with Crippen molar-refractivity contribution >= 4 is 21.7 Å². The van der Waals surface area contributed by atoms with E-state index in [-0.39, 0.29) is 17.4 Å². The second kappa shape index (κ2) is 8.00. The maximum atomic E-state index is 12.4. The Hall–Kier alpha value is -2.58. The van der Waals surface area contributed by atoms with E-state index in [4.69, 9.17) is 10.5 Å². The van der Waals surface area contributed by atoms with Crippen LogP contribution in [0.25, 0.3) is 0 Å². The van der Waals surface area contributed by atoms with Crippen LogP contribution in [-0.2, 0) is 16.6 Å². The number of hydrogen-bond acceptors (Lipinski definition) is 4. The van der Waals surface area contributed by atoms with E-state index in [1.807, 2.05) is 12.1 Å². The van der Waals surface area contributed by atoms with Gasteiger partial charge in [0.05, 0.1) is 18.6 Å². The fourth-order valence-electron chi connectivity index (χ4n) is 2.11. The molecule has 0 aliphatic heterocycles. The van der Waals surface area contributed by atoms with Crippen molar-refractivity contribution < 1.29 is 13.2 Å². The molecule has 2 aromatic carbocycles. The monoisotopic (exact) mass is 362 g/mol. The molecule has 25 heavy (non-hydrogen) atoms. The standard InChI is InChI=1S/C17H22N4O3S/c1-21(2)25(22,23)16-7-5-4-6-13(16)12-19-17(18)20-14-8-10-15(24-3)11-9-14/h4-11H,12H2,1-3H3,(H3,18,19,20). The third-order valence-corrected chi connectivity index (χ3v) is 5.43. The second-order valence-corrected chi connectivity index (χ2v) is 7.57. The number of hydrogen-bond donors (Lipinski definition) is 2. The smallest absolute Gasteiger partial charge is 0.242 e. The summed E-state index contributed by atoms with van der Waals surface area (Å²) >= 11 is 0. The number of aliphatic imine (C=N–C) groups is 1. The van der Waals surface area contributed by atoms with E-state index in [0.29, 0.717) is 5.56 Å². The molecule has 0 radical (unpaired) electrons. The minimum Gasteiger partial charge on any atom is -0.497 e. The average molecular weight is 362 g/mol. The molecule has 0 amide bonds. The Balaban J connectivity index is 2.15. The van der Waals surface area contributed by atoms with E-state index < -0.39 is 10.0 Å². The Bertz CT molecular complexity index is 846. The van der Waals surface area contributed by atoms with Gasteiger partial charge in [0.1, 0.15) is 5.75 Å². The fraction of sp³-hybridized carbons (Fsp3) is 0.235. The molecule has 0 bridgehead atoms. The Labute approximate surface area is 148 Å². The van der Waals surface area contributed by atoms with Crippen LogP contribution in [0, 0.1) is 0 Å². The van der Waals surface area contributed by atoms with E-state index in [1.165, 1.54) is 18.4 Å². The number of nitrogens with two attached hydrogens (primary N) is 1. The zero-order chi connectivity index (χ0) is 18.4. The largest absolute Gasteiger partial charge is 0.497 e. The lowest BCUT2D eigenvalue weighted by Crippen LogP contribution is -2.24. The molecule has 0 atom stereocenters. The number of anilines is 1. The highest BCUT2D eigenvalue weighted by Gasteiger charge is 2.20. The van der Waals surface area contributed by atoms with Gasteiger partial charge in [-0.05, 0) is 35.9 Å². The highest BCUT2D eigenvalue weighted by atomic mass is 32.2. The van der Waals surface area contributed by atoms with Crippen LogP contribution < -0.4 is 15.8 Å². The van der Waals surface area contributed by atoms with Crippen LogP contribution in [0.15, 0.2) is 58.4 Å².